The van der Waals surface area contributed by atoms with Crippen molar-refractivity contribution in [1.82, 2.24) is 9.88 Å². The van der Waals surface area contributed by atoms with Crippen LogP contribution in [0.4, 0.5) is 0 Å². The first-order chi connectivity index (χ1) is 9.26. The maximum Gasteiger partial charge on any atom is 0.0758 e. The Morgan fingerprint density at radius 1 is 1.37 bits per heavy atom. The molecule has 0 spiro atoms. The first-order valence-corrected chi connectivity index (χ1v) is 7.01. The summed E-state index contributed by atoms with van der Waals surface area (Å²) in [5.41, 5.74) is 2.16. The second-order valence-electron chi connectivity index (χ2n) is 4.35. The molecule has 0 fully saturated rings. The van der Waals surface area contributed by atoms with E-state index in [0.29, 0.717) is 6.54 Å². The number of hydrogen-bond acceptors (Lipinski definition) is 3. The van der Waals surface area contributed by atoms with Gasteiger partial charge in [0.05, 0.1) is 12.1 Å². The minimum absolute atomic E-state index is 0.149. The molecular weight excluding hydrogens is 304 g/mol. The Morgan fingerprint density at radius 2 is 2.21 bits per heavy atom. The number of halogens is 1. The number of nitrogens with zero attached hydrogens (tertiary/aromatic N) is 2. The fraction of sp³-hybridized carbons (Fsp3) is 0.267. The zero-order chi connectivity index (χ0) is 13.7. The summed E-state index contributed by atoms with van der Waals surface area (Å²) in [6.45, 7) is 6.05. The van der Waals surface area contributed by atoms with Gasteiger partial charge in [0.1, 0.15) is 0 Å². The number of hydrogen-bond donors (Lipinski definition) is 1. The van der Waals surface area contributed by atoms with Crippen LogP contribution in [0.5, 0.6) is 0 Å². The molecule has 0 saturated carbocycles. The first-order valence-electron chi connectivity index (χ1n) is 6.22. The van der Waals surface area contributed by atoms with E-state index in [4.69, 9.17) is 5.11 Å². The van der Waals surface area contributed by atoms with E-state index in [1.165, 1.54) is 0 Å². The van der Waals surface area contributed by atoms with E-state index < -0.39 is 0 Å². The SMILES string of the molecule is C=CCN(CCO)Cc1ccc(Br)c2cccnc12. The lowest BCUT2D eigenvalue weighted by Gasteiger charge is -2.20. The van der Waals surface area contributed by atoms with Crippen molar-refractivity contribution < 1.29 is 5.11 Å². The van der Waals surface area contributed by atoms with Gasteiger partial charge in [-0.2, -0.15) is 0 Å². The van der Waals surface area contributed by atoms with Crippen LogP contribution in [0.1, 0.15) is 5.56 Å². The number of benzene rings is 1. The maximum atomic E-state index is 9.10. The van der Waals surface area contributed by atoms with Crippen LogP contribution in [0, 0.1) is 0 Å². The van der Waals surface area contributed by atoms with Crippen LogP contribution < -0.4 is 0 Å². The van der Waals surface area contributed by atoms with Crippen LogP contribution in [0.2, 0.25) is 0 Å². The van der Waals surface area contributed by atoms with Crippen molar-refractivity contribution in [3.05, 3.63) is 53.2 Å². The van der Waals surface area contributed by atoms with Gasteiger partial charge in [-0.25, -0.2) is 0 Å². The fourth-order valence-electron chi connectivity index (χ4n) is 2.12. The van der Waals surface area contributed by atoms with E-state index in [-0.39, 0.29) is 6.61 Å². The Balaban J connectivity index is 2.34. The lowest BCUT2D eigenvalue weighted by molar-refractivity contribution is 0.204. The third-order valence-electron chi connectivity index (χ3n) is 3.00. The molecule has 4 heteroatoms. The predicted octanol–water partition coefficient (Wildman–Crippen LogP) is 2.98. The molecule has 1 N–H and O–H groups in total. The molecule has 3 nitrogen and oxygen atoms in total. The average molecular weight is 321 g/mol. The van der Waals surface area contributed by atoms with Crippen LogP contribution in [0.25, 0.3) is 10.9 Å². The van der Waals surface area contributed by atoms with E-state index >= 15 is 0 Å². The highest BCUT2D eigenvalue weighted by atomic mass is 79.9. The molecule has 19 heavy (non-hydrogen) atoms. The lowest BCUT2D eigenvalue weighted by Crippen LogP contribution is -2.26. The number of aromatic nitrogens is 1. The summed E-state index contributed by atoms with van der Waals surface area (Å²) >= 11 is 3.55. The minimum atomic E-state index is 0.149. The Labute approximate surface area is 121 Å². The smallest absolute Gasteiger partial charge is 0.0758 e. The average Bonchev–Trinajstić information content (AvgIpc) is 2.43. The molecule has 1 aromatic heterocycles. The zero-order valence-electron chi connectivity index (χ0n) is 10.7. The molecule has 0 atom stereocenters. The third-order valence-corrected chi connectivity index (χ3v) is 3.69. The topological polar surface area (TPSA) is 36.4 Å². The highest BCUT2D eigenvalue weighted by Crippen LogP contribution is 2.25. The number of rotatable bonds is 6. The molecule has 0 aliphatic rings. The van der Waals surface area contributed by atoms with Gasteiger partial charge >= 0.3 is 0 Å². The molecule has 0 saturated heterocycles. The quantitative estimate of drug-likeness (QED) is 0.831. The normalized spacial score (nSPS) is 11.1. The molecule has 1 aromatic carbocycles. The van der Waals surface area contributed by atoms with Gasteiger partial charge in [0, 0.05) is 35.7 Å². The molecule has 0 bridgehead atoms. The summed E-state index contributed by atoms with van der Waals surface area (Å²) in [7, 11) is 0. The van der Waals surface area contributed by atoms with Crippen molar-refractivity contribution in [1.29, 1.82) is 0 Å². The standard InChI is InChI=1S/C15H17BrN2O/c1-2-8-18(9-10-19)11-12-5-6-14(16)13-4-3-7-17-15(12)13/h2-7,19H,1,8-11H2. The summed E-state index contributed by atoms with van der Waals surface area (Å²) in [6, 6.07) is 8.11. The predicted molar refractivity (Wildman–Crippen MR) is 82.0 cm³/mol. The van der Waals surface area contributed by atoms with E-state index in [9.17, 15) is 0 Å². The Kier molecular flexibility index (Phi) is 5.07. The summed E-state index contributed by atoms with van der Waals surface area (Å²) in [5.74, 6) is 0. The van der Waals surface area contributed by atoms with Crippen LogP contribution in [-0.2, 0) is 6.54 Å². The van der Waals surface area contributed by atoms with Crippen LogP contribution in [0.15, 0.2) is 47.6 Å². The van der Waals surface area contributed by atoms with Crippen molar-refractivity contribution in [2.45, 2.75) is 6.54 Å². The number of aliphatic hydroxyl groups excluding tert-OH is 1. The lowest BCUT2D eigenvalue weighted by atomic mass is 10.1. The van der Waals surface area contributed by atoms with Crippen LogP contribution >= 0.6 is 15.9 Å². The monoisotopic (exact) mass is 320 g/mol. The molecular formula is C15H17BrN2O. The summed E-state index contributed by atoms with van der Waals surface area (Å²) in [4.78, 5) is 6.61. The first kappa shape index (κ1) is 14.2. The fourth-order valence-corrected chi connectivity index (χ4v) is 2.58. The van der Waals surface area contributed by atoms with Gasteiger partial charge in [-0.05, 0) is 17.7 Å². The van der Waals surface area contributed by atoms with Crippen molar-refractivity contribution in [2.75, 3.05) is 19.7 Å². The van der Waals surface area contributed by atoms with E-state index in [1.807, 2.05) is 24.4 Å². The Morgan fingerprint density at radius 3 is 2.95 bits per heavy atom. The van der Waals surface area contributed by atoms with Crippen molar-refractivity contribution in [3.63, 3.8) is 0 Å². The second-order valence-corrected chi connectivity index (χ2v) is 5.21. The van der Waals surface area contributed by atoms with Gasteiger partial charge in [-0.1, -0.05) is 34.1 Å². The zero-order valence-corrected chi connectivity index (χ0v) is 12.3. The summed E-state index contributed by atoms with van der Waals surface area (Å²) < 4.78 is 1.05. The van der Waals surface area contributed by atoms with Gasteiger partial charge in [0.15, 0.2) is 0 Å². The third kappa shape index (κ3) is 3.41. The molecule has 0 unspecified atom stereocenters. The Hall–Kier alpha value is -1.23. The molecule has 1 heterocycles. The molecule has 0 aliphatic heterocycles. The summed E-state index contributed by atoms with van der Waals surface area (Å²) in [6.07, 6.45) is 3.66. The largest absolute Gasteiger partial charge is 0.395 e. The minimum Gasteiger partial charge on any atom is -0.395 e. The van der Waals surface area contributed by atoms with Gasteiger partial charge in [0.2, 0.25) is 0 Å². The number of fused-ring (bicyclic) bond motifs is 1. The molecule has 2 aromatic rings. The highest BCUT2D eigenvalue weighted by molar-refractivity contribution is 9.10. The second kappa shape index (κ2) is 6.80. The number of pyridine rings is 1. The van der Waals surface area contributed by atoms with Crippen LogP contribution in [0.3, 0.4) is 0 Å². The van der Waals surface area contributed by atoms with Crippen molar-refractivity contribution in [3.8, 4) is 0 Å². The molecule has 0 radical (unpaired) electrons. The highest BCUT2D eigenvalue weighted by Gasteiger charge is 2.09. The molecule has 100 valence electrons. The maximum absolute atomic E-state index is 9.10. The van der Waals surface area contributed by atoms with Gasteiger partial charge in [-0.15, -0.1) is 6.58 Å². The molecule has 2 rings (SSSR count). The van der Waals surface area contributed by atoms with Gasteiger partial charge < -0.3 is 5.11 Å². The van der Waals surface area contributed by atoms with E-state index in [2.05, 4.69) is 44.5 Å². The number of aliphatic hydroxyl groups is 1. The van der Waals surface area contributed by atoms with E-state index in [0.717, 1.165) is 34.0 Å². The molecule has 0 aliphatic carbocycles. The van der Waals surface area contributed by atoms with Crippen LogP contribution in [-0.4, -0.2) is 34.7 Å². The van der Waals surface area contributed by atoms with E-state index in [1.54, 1.807) is 0 Å². The van der Waals surface area contributed by atoms with Gasteiger partial charge in [0.25, 0.3) is 0 Å². The molecule has 0 amide bonds. The van der Waals surface area contributed by atoms with Crippen molar-refractivity contribution >= 4 is 26.8 Å². The summed E-state index contributed by atoms with van der Waals surface area (Å²) in [5, 5.41) is 10.2. The van der Waals surface area contributed by atoms with Gasteiger partial charge in [-0.3, -0.25) is 9.88 Å². The van der Waals surface area contributed by atoms with Crippen molar-refractivity contribution in [2.24, 2.45) is 0 Å². The Bertz CT molecular complexity index is 571.